The highest BCUT2D eigenvalue weighted by Gasteiger charge is 2.65. The summed E-state index contributed by atoms with van der Waals surface area (Å²) in [5, 5.41) is 43.9. The van der Waals surface area contributed by atoms with Gasteiger partial charge in [0.1, 0.15) is 31.3 Å². The van der Waals surface area contributed by atoms with Crippen LogP contribution in [0.4, 0.5) is 4.79 Å². The van der Waals surface area contributed by atoms with Gasteiger partial charge in [-0.1, -0.05) is 30.1 Å². The number of nitrogens with zero attached hydrogens (tertiary/aromatic N) is 2. The summed E-state index contributed by atoms with van der Waals surface area (Å²) in [6.45, 7) is 4.32. The van der Waals surface area contributed by atoms with E-state index in [4.69, 9.17) is 35.4 Å². The molecule has 2 aliphatic carbocycles. The number of carbonyl (C=O) groups is 1. The van der Waals surface area contributed by atoms with Crippen molar-refractivity contribution in [2.24, 2.45) is 22.9 Å². The van der Waals surface area contributed by atoms with Gasteiger partial charge in [-0.3, -0.25) is 4.90 Å². The van der Waals surface area contributed by atoms with Gasteiger partial charge in [0.25, 0.3) is 0 Å². The smallest absolute Gasteiger partial charge is 0.410 e. The number of amides is 1. The second kappa shape index (κ2) is 18.8. The lowest BCUT2D eigenvalue weighted by Gasteiger charge is -2.59. The molecule has 0 saturated heterocycles. The topological polar surface area (TPSA) is 160 Å². The Balaban J connectivity index is 1.97. The number of halogens is 1. The molecule has 0 bridgehead atoms. The number of unbranched alkanes of at least 4 members (excludes halogenated alkanes) is 2. The van der Waals surface area contributed by atoms with Crippen molar-refractivity contribution in [3.63, 3.8) is 0 Å². The Bertz CT molecular complexity index is 1260. The molecule has 0 unspecified atom stereocenters. The molecule has 4 N–H and O–H groups in total. The first-order chi connectivity index (χ1) is 23.4. The normalized spacial score (nSPS) is 26.6. The van der Waals surface area contributed by atoms with E-state index in [2.05, 4.69) is 17.8 Å². The van der Waals surface area contributed by atoms with E-state index in [1.165, 1.54) is 12.0 Å². The molecular weight excluding hydrogens is 644 g/mol. The predicted octanol–water partition coefficient (Wildman–Crippen LogP) is 4.34. The van der Waals surface area contributed by atoms with Crippen LogP contribution in [0, 0.1) is 17.8 Å². The molecule has 1 aromatic rings. The van der Waals surface area contributed by atoms with Gasteiger partial charge in [-0.2, -0.15) is 0 Å². The highest BCUT2D eigenvalue weighted by molar-refractivity contribution is 6.18. The SMILES string of the molecule is C=CCO[C@@]12Oc3ccc(O)cc3[C@H]3[C@H](CCCCO)[C@@H](CCCCO)C=C(C(=NOC)C[C@@H]1N(CCOCCO)C(=O)OCCCl)[C@H]32. The monoisotopic (exact) mass is 694 g/mol. The van der Waals surface area contributed by atoms with E-state index in [0.29, 0.717) is 24.3 Å². The summed E-state index contributed by atoms with van der Waals surface area (Å²) in [5.41, 5.74) is 2.34. The van der Waals surface area contributed by atoms with E-state index in [1.54, 1.807) is 24.3 Å². The maximum absolute atomic E-state index is 13.8. The minimum atomic E-state index is -1.45. The average molecular weight is 695 g/mol. The van der Waals surface area contributed by atoms with Crippen LogP contribution in [-0.4, -0.2) is 115 Å². The van der Waals surface area contributed by atoms with Gasteiger partial charge in [0.15, 0.2) is 0 Å². The number of hydrogen-bond acceptors (Lipinski definition) is 11. The number of hydrogen-bond donors (Lipinski definition) is 4. The first kappa shape index (κ1) is 37.9. The number of fused-ring (bicyclic) bond motifs is 2. The third-order valence-corrected chi connectivity index (χ3v) is 9.64. The number of carbonyl (C=O) groups excluding carboxylic acids is 1. The highest BCUT2D eigenvalue weighted by atomic mass is 35.5. The third kappa shape index (κ3) is 8.46. The van der Waals surface area contributed by atoms with Crippen LogP contribution in [-0.2, 0) is 19.0 Å². The van der Waals surface area contributed by atoms with E-state index in [9.17, 15) is 25.2 Å². The molecule has 0 aromatic heterocycles. The fourth-order valence-electron chi connectivity index (χ4n) is 7.68. The van der Waals surface area contributed by atoms with Crippen molar-refractivity contribution in [1.82, 2.24) is 4.90 Å². The minimum Gasteiger partial charge on any atom is -0.508 e. The summed E-state index contributed by atoms with van der Waals surface area (Å²) in [6, 6.07) is 4.27. The lowest BCUT2D eigenvalue weighted by molar-refractivity contribution is -0.256. The molecule has 12 nitrogen and oxygen atoms in total. The summed E-state index contributed by atoms with van der Waals surface area (Å²) in [5.74, 6) is -1.36. The molecular formula is C35H51ClN2O10. The van der Waals surface area contributed by atoms with Crippen molar-refractivity contribution in [3.05, 3.63) is 48.1 Å². The zero-order chi connectivity index (χ0) is 34.5. The highest BCUT2D eigenvalue weighted by Crippen LogP contribution is 2.61. The Hall–Kier alpha value is -2.87. The first-order valence-corrected chi connectivity index (χ1v) is 17.4. The maximum atomic E-state index is 13.8. The Morgan fingerprint density at radius 3 is 2.58 bits per heavy atom. The standard InChI is InChI=1S/C35H51ClN2O10/c1-3-17-47-35-31(38(13-19-45-20-16-41)34(43)46-18-12-36)23-29(37-44-2)27-21-24(8-4-6-14-39)26(9-5-7-15-40)32(33(27)35)28-22-25(42)10-11-30(28)48-35/h3,10-11,21-22,24,26,31-33,39-42H,1,4-9,12-20,23H2,2H3/t24-,26+,31-,32+,33+,35+/m0/s1. The van der Waals surface area contributed by atoms with Crippen LogP contribution in [0.25, 0.3) is 0 Å². The molecule has 268 valence electrons. The number of allylic oxidation sites excluding steroid dienone is 1. The fraction of sp³-hybridized carbons (Fsp3) is 0.657. The van der Waals surface area contributed by atoms with E-state index in [0.717, 1.165) is 36.8 Å². The predicted molar refractivity (Wildman–Crippen MR) is 180 cm³/mol. The molecule has 13 heteroatoms. The molecule has 1 fully saturated rings. The second-order valence-electron chi connectivity index (χ2n) is 12.3. The number of benzene rings is 1. The van der Waals surface area contributed by atoms with Crippen molar-refractivity contribution >= 4 is 23.4 Å². The van der Waals surface area contributed by atoms with Crippen LogP contribution in [0.1, 0.15) is 56.4 Å². The van der Waals surface area contributed by atoms with Crippen molar-refractivity contribution in [2.75, 3.05) is 65.8 Å². The Morgan fingerprint density at radius 1 is 1.12 bits per heavy atom. The zero-order valence-corrected chi connectivity index (χ0v) is 28.6. The molecule has 48 heavy (non-hydrogen) atoms. The number of oxime groups is 1. The number of rotatable bonds is 20. The number of aromatic hydroxyl groups is 1. The number of aliphatic hydroxyl groups is 3. The molecule has 1 amide bonds. The van der Waals surface area contributed by atoms with E-state index in [1.807, 2.05) is 0 Å². The lowest BCUT2D eigenvalue weighted by atomic mass is 9.55. The van der Waals surface area contributed by atoms with Crippen molar-refractivity contribution < 1.29 is 49.0 Å². The molecule has 6 atom stereocenters. The molecule has 4 rings (SSSR count). The van der Waals surface area contributed by atoms with Gasteiger partial charge in [0, 0.05) is 37.7 Å². The van der Waals surface area contributed by atoms with Gasteiger partial charge in [-0.15, -0.1) is 18.2 Å². The minimum absolute atomic E-state index is 0.0107. The molecule has 1 heterocycles. The van der Waals surface area contributed by atoms with Gasteiger partial charge in [0.2, 0.25) is 5.79 Å². The maximum Gasteiger partial charge on any atom is 0.410 e. The van der Waals surface area contributed by atoms with Crippen LogP contribution < -0.4 is 4.74 Å². The number of phenols is 1. The number of alkyl halides is 1. The second-order valence-corrected chi connectivity index (χ2v) is 12.7. The number of phenolic OH excluding ortho intramolecular Hbond substituents is 1. The Morgan fingerprint density at radius 2 is 1.90 bits per heavy atom. The van der Waals surface area contributed by atoms with E-state index >= 15 is 0 Å². The molecule has 3 aliphatic rings. The molecule has 1 aliphatic heterocycles. The van der Waals surface area contributed by atoms with Crippen LogP contribution in [0.2, 0.25) is 0 Å². The third-order valence-electron chi connectivity index (χ3n) is 9.48. The zero-order valence-electron chi connectivity index (χ0n) is 27.8. The average Bonchev–Trinajstić information content (AvgIpc) is 3.08. The summed E-state index contributed by atoms with van der Waals surface area (Å²) in [4.78, 5) is 20.8. The Labute approximate surface area is 287 Å². The Kier molecular flexibility index (Phi) is 14.8. The fourth-order valence-corrected chi connectivity index (χ4v) is 7.76. The van der Waals surface area contributed by atoms with Gasteiger partial charge in [-0.05, 0) is 61.3 Å². The van der Waals surface area contributed by atoms with Crippen molar-refractivity contribution in [1.29, 1.82) is 0 Å². The van der Waals surface area contributed by atoms with Crippen molar-refractivity contribution in [3.8, 4) is 11.5 Å². The van der Waals surface area contributed by atoms with Crippen LogP contribution in [0.5, 0.6) is 11.5 Å². The lowest BCUT2D eigenvalue weighted by Crippen LogP contribution is -2.70. The van der Waals surface area contributed by atoms with E-state index < -0.39 is 23.8 Å². The van der Waals surface area contributed by atoms with Crippen molar-refractivity contribution in [2.45, 2.75) is 62.7 Å². The molecule has 0 spiro atoms. The first-order valence-electron chi connectivity index (χ1n) is 16.9. The van der Waals surface area contributed by atoms with Gasteiger partial charge in [-0.25, -0.2) is 4.79 Å². The number of aliphatic hydroxyl groups excluding tert-OH is 3. The van der Waals surface area contributed by atoms with Crippen LogP contribution in [0.15, 0.2) is 47.7 Å². The van der Waals surface area contributed by atoms with Gasteiger partial charge in [0.05, 0.1) is 43.9 Å². The summed E-state index contributed by atoms with van der Waals surface area (Å²) < 4.78 is 25.0. The molecule has 0 radical (unpaired) electrons. The summed E-state index contributed by atoms with van der Waals surface area (Å²) >= 11 is 5.91. The summed E-state index contributed by atoms with van der Waals surface area (Å²) in [7, 11) is 1.48. The largest absolute Gasteiger partial charge is 0.508 e. The quantitative estimate of drug-likeness (QED) is 0.0669. The van der Waals surface area contributed by atoms with Gasteiger partial charge >= 0.3 is 6.09 Å². The molecule has 1 aromatic carbocycles. The summed E-state index contributed by atoms with van der Waals surface area (Å²) in [6.07, 6.45) is 7.93. The van der Waals surface area contributed by atoms with Crippen LogP contribution >= 0.6 is 11.6 Å². The van der Waals surface area contributed by atoms with Crippen LogP contribution in [0.3, 0.4) is 0 Å². The van der Waals surface area contributed by atoms with E-state index in [-0.39, 0.29) is 88.6 Å². The molecule has 1 saturated carbocycles. The number of ether oxygens (including phenoxy) is 4. The van der Waals surface area contributed by atoms with Gasteiger partial charge < -0.3 is 44.2 Å².